The normalized spacial score (nSPS) is 28.1. The molecule has 2 saturated heterocycles. The third kappa shape index (κ3) is 4.42. The van der Waals surface area contributed by atoms with Crippen molar-refractivity contribution < 1.29 is 31.5 Å². The lowest BCUT2D eigenvalue weighted by molar-refractivity contribution is -0.118. The van der Waals surface area contributed by atoms with Gasteiger partial charge in [-0.15, -0.1) is 0 Å². The lowest BCUT2D eigenvalue weighted by Gasteiger charge is -2.51. The summed E-state index contributed by atoms with van der Waals surface area (Å²) in [6.45, 7) is 0.661. The Morgan fingerprint density at radius 3 is 2.57 bits per heavy atom. The molecule has 3 aliphatic rings. The highest BCUT2D eigenvalue weighted by Crippen LogP contribution is 2.52. The van der Waals surface area contributed by atoms with Crippen LogP contribution in [0.25, 0.3) is 0 Å². The van der Waals surface area contributed by atoms with E-state index in [9.17, 15) is 17.6 Å². The number of amides is 1. The van der Waals surface area contributed by atoms with E-state index in [1.807, 2.05) is 12.1 Å². The summed E-state index contributed by atoms with van der Waals surface area (Å²) in [4.78, 5) is 12.0. The largest absolute Gasteiger partial charge is 0.490 e. The second kappa shape index (κ2) is 9.33. The summed E-state index contributed by atoms with van der Waals surface area (Å²) in [5, 5.41) is 2.07. The summed E-state index contributed by atoms with van der Waals surface area (Å²) in [5.74, 6) is -2.40. The third-order valence-corrected chi connectivity index (χ3v) is 9.93. The Labute approximate surface area is 207 Å². The Kier molecular flexibility index (Phi) is 6.52. The number of carbonyl (C=O) groups excluding carboxylic acids is 1. The first-order chi connectivity index (χ1) is 16.7. The van der Waals surface area contributed by atoms with Gasteiger partial charge in [0.05, 0.1) is 18.5 Å². The van der Waals surface area contributed by atoms with Crippen molar-refractivity contribution in [1.29, 1.82) is 0 Å². The average Bonchev–Trinajstić information content (AvgIpc) is 3.28. The fourth-order valence-electron chi connectivity index (χ4n) is 5.83. The summed E-state index contributed by atoms with van der Waals surface area (Å²) in [5.41, 5.74) is 0.215. The molecule has 6 nitrogen and oxygen atoms in total. The highest BCUT2D eigenvalue weighted by molar-refractivity contribution is 7.92. The zero-order chi connectivity index (χ0) is 24.8. The van der Waals surface area contributed by atoms with E-state index in [1.165, 1.54) is 0 Å². The highest BCUT2D eigenvalue weighted by Gasteiger charge is 2.53. The summed E-state index contributed by atoms with van der Waals surface area (Å²) in [6, 6.07) is 9.38. The summed E-state index contributed by atoms with van der Waals surface area (Å²) < 4.78 is 67.6. The SMILES string of the molecule is O=C1NCC[C@H]1S(=O)(=O)CC[C@@H]1OCC[C@@]2(Cc3ccc(Cl)cc3)c3c(F)ccc(F)c3OC[C@@H]12. The molecule has 5 rings (SSSR count). The maximum Gasteiger partial charge on any atom is 0.238 e. The van der Waals surface area contributed by atoms with Gasteiger partial charge in [0.2, 0.25) is 5.91 Å². The van der Waals surface area contributed by atoms with Gasteiger partial charge in [0.25, 0.3) is 0 Å². The van der Waals surface area contributed by atoms with Gasteiger partial charge in [0.1, 0.15) is 11.1 Å². The van der Waals surface area contributed by atoms with Gasteiger partial charge in [0, 0.05) is 35.1 Å². The quantitative estimate of drug-likeness (QED) is 0.623. The summed E-state index contributed by atoms with van der Waals surface area (Å²) in [6.07, 6.45) is 0.632. The predicted octanol–water partition coefficient (Wildman–Crippen LogP) is 3.59. The molecule has 3 heterocycles. The second-order valence-electron chi connectivity index (χ2n) is 9.49. The molecule has 10 heteroatoms. The lowest BCUT2D eigenvalue weighted by atomic mass is 9.60. The van der Waals surface area contributed by atoms with E-state index in [2.05, 4.69) is 5.32 Å². The molecular formula is C25H26ClF2NO5S. The van der Waals surface area contributed by atoms with Crippen LogP contribution < -0.4 is 10.1 Å². The van der Waals surface area contributed by atoms with Crippen LogP contribution in [0.1, 0.15) is 30.4 Å². The van der Waals surface area contributed by atoms with Gasteiger partial charge >= 0.3 is 0 Å². The van der Waals surface area contributed by atoms with Gasteiger partial charge < -0.3 is 14.8 Å². The van der Waals surface area contributed by atoms with Gasteiger partial charge in [-0.2, -0.15) is 0 Å². The molecule has 0 spiro atoms. The molecule has 1 amide bonds. The third-order valence-electron chi connectivity index (χ3n) is 7.55. The van der Waals surface area contributed by atoms with Crippen molar-refractivity contribution in [2.45, 2.75) is 42.5 Å². The number of rotatable bonds is 6. The van der Waals surface area contributed by atoms with E-state index in [4.69, 9.17) is 21.1 Å². The van der Waals surface area contributed by atoms with E-state index in [-0.39, 0.29) is 43.1 Å². The smallest absolute Gasteiger partial charge is 0.238 e. The molecule has 2 aromatic carbocycles. The van der Waals surface area contributed by atoms with Gasteiger partial charge in [-0.3, -0.25) is 4.79 Å². The van der Waals surface area contributed by atoms with Crippen molar-refractivity contribution in [3.8, 4) is 5.75 Å². The Hall–Kier alpha value is -2.23. The summed E-state index contributed by atoms with van der Waals surface area (Å²) in [7, 11) is -3.69. The molecule has 0 saturated carbocycles. The molecule has 3 aliphatic heterocycles. The van der Waals surface area contributed by atoms with Crippen LogP contribution in [-0.2, 0) is 31.2 Å². The van der Waals surface area contributed by atoms with Crippen molar-refractivity contribution in [1.82, 2.24) is 5.32 Å². The van der Waals surface area contributed by atoms with Crippen LogP contribution in [-0.4, -0.2) is 51.2 Å². The van der Waals surface area contributed by atoms with Gasteiger partial charge in [-0.25, -0.2) is 17.2 Å². The van der Waals surface area contributed by atoms with Crippen LogP contribution in [0.2, 0.25) is 5.02 Å². The molecule has 0 bridgehead atoms. The van der Waals surface area contributed by atoms with Crippen molar-refractivity contribution in [2.75, 3.05) is 25.5 Å². The van der Waals surface area contributed by atoms with Crippen molar-refractivity contribution in [3.05, 3.63) is 64.2 Å². The Morgan fingerprint density at radius 1 is 1.11 bits per heavy atom. The molecule has 0 aromatic heterocycles. The van der Waals surface area contributed by atoms with Crippen LogP contribution in [0.4, 0.5) is 8.78 Å². The van der Waals surface area contributed by atoms with E-state index >= 15 is 4.39 Å². The minimum absolute atomic E-state index is 0.0651. The zero-order valence-electron chi connectivity index (χ0n) is 18.9. The van der Waals surface area contributed by atoms with E-state index in [0.717, 1.165) is 17.7 Å². The van der Waals surface area contributed by atoms with E-state index in [1.54, 1.807) is 12.1 Å². The number of carbonyl (C=O) groups is 1. The van der Waals surface area contributed by atoms with Crippen LogP contribution in [0, 0.1) is 17.6 Å². The molecule has 2 fully saturated rings. The Balaban J connectivity index is 1.50. The van der Waals surface area contributed by atoms with Crippen LogP contribution >= 0.6 is 11.6 Å². The fourth-order valence-corrected chi connectivity index (χ4v) is 7.69. The number of halogens is 3. The molecule has 0 aliphatic carbocycles. The zero-order valence-corrected chi connectivity index (χ0v) is 20.5. The average molecular weight is 526 g/mol. The number of nitrogens with one attached hydrogen (secondary N) is 1. The first-order valence-corrected chi connectivity index (χ1v) is 13.8. The standard InChI is InChI=1S/C25H26ClF2NO5S/c26-16-3-1-15(2-4-16)13-25-9-11-33-20(8-12-35(31,32)21-7-10-29-24(21)30)17(25)14-34-23-19(28)6-5-18(27)22(23)25/h1-6,17,20-21H,7-14H2,(H,29,30)/t17-,20-,21+,25-/m0/s1. The molecular weight excluding hydrogens is 500 g/mol. The van der Waals surface area contributed by atoms with Crippen molar-refractivity contribution in [2.24, 2.45) is 5.92 Å². The number of hydrogen-bond acceptors (Lipinski definition) is 5. The number of hydrogen-bond donors (Lipinski definition) is 1. The molecule has 0 unspecified atom stereocenters. The van der Waals surface area contributed by atoms with Crippen molar-refractivity contribution >= 4 is 27.3 Å². The summed E-state index contributed by atoms with van der Waals surface area (Å²) >= 11 is 6.05. The molecule has 1 N–H and O–H groups in total. The van der Waals surface area contributed by atoms with Gasteiger partial charge in [-0.1, -0.05) is 23.7 Å². The first kappa shape index (κ1) is 24.5. The molecule has 2 aromatic rings. The highest BCUT2D eigenvalue weighted by atomic mass is 35.5. The molecule has 0 radical (unpaired) electrons. The number of benzene rings is 2. The Bertz CT molecular complexity index is 1240. The van der Waals surface area contributed by atoms with Crippen LogP contribution in [0.5, 0.6) is 5.75 Å². The van der Waals surface area contributed by atoms with Gasteiger partial charge in [-0.05, 0) is 55.5 Å². The van der Waals surface area contributed by atoms with Gasteiger partial charge in [0.15, 0.2) is 21.4 Å². The molecule has 4 atom stereocenters. The van der Waals surface area contributed by atoms with E-state index < -0.39 is 50.1 Å². The lowest BCUT2D eigenvalue weighted by Crippen LogP contribution is -2.55. The van der Waals surface area contributed by atoms with E-state index in [0.29, 0.717) is 24.4 Å². The fraction of sp³-hybridized carbons (Fsp3) is 0.480. The number of fused-ring (bicyclic) bond motifs is 3. The second-order valence-corrected chi connectivity index (χ2v) is 12.2. The Morgan fingerprint density at radius 2 is 1.86 bits per heavy atom. The topological polar surface area (TPSA) is 81.7 Å². The van der Waals surface area contributed by atoms with Crippen molar-refractivity contribution in [3.63, 3.8) is 0 Å². The first-order valence-electron chi connectivity index (χ1n) is 11.7. The monoisotopic (exact) mass is 525 g/mol. The predicted molar refractivity (Wildman–Crippen MR) is 126 cm³/mol. The minimum atomic E-state index is -3.69. The minimum Gasteiger partial charge on any atom is -0.490 e. The molecule has 35 heavy (non-hydrogen) atoms. The van der Waals surface area contributed by atoms with Crippen LogP contribution in [0.3, 0.4) is 0 Å². The molecule has 188 valence electrons. The van der Waals surface area contributed by atoms with Crippen LogP contribution in [0.15, 0.2) is 36.4 Å². The number of ether oxygens (including phenoxy) is 2. The maximum absolute atomic E-state index is 15.3. The maximum atomic E-state index is 15.3. The number of sulfone groups is 1.